The van der Waals surface area contributed by atoms with Gasteiger partial charge in [0.05, 0.1) is 12.1 Å². The van der Waals surface area contributed by atoms with Gasteiger partial charge in [-0.05, 0) is 18.4 Å². The maximum absolute atomic E-state index is 12.7. The number of hydrogen-bond donors (Lipinski definition) is 1. The Morgan fingerprint density at radius 2 is 1.84 bits per heavy atom. The summed E-state index contributed by atoms with van der Waals surface area (Å²) in [6.45, 7) is 4.14. The molecule has 1 N–H and O–H groups in total. The summed E-state index contributed by atoms with van der Waals surface area (Å²) in [7, 11) is 0. The van der Waals surface area contributed by atoms with Crippen LogP contribution in [-0.2, 0) is 16.0 Å². The number of piperazine rings is 1. The molecule has 2 aliphatic rings. The zero-order chi connectivity index (χ0) is 21.5. The minimum atomic E-state index is 0.0714. The van der Waals surface area contributed by atoms with Crippen molar-refractivity contribution in [2.45, 2.75) is 32.1 Å². The normalized spacial score (nSPS) is 18.0. The van der Waals surface area contributed by atoms with Crippen molar-refractivity contribution in [1.82, 2.24) is 14.8 Å². The Morgan fingerprint density at radius 1 is 1.10 bits per heavy atom. The van der Waals surface area contributed by atoms with E-state index in [2.05, 4.69) is 39.5 Å². The summed E-state index contributed by atoms with van der Waals surface area (Å²) in [5, 5.41) is 5.41. The molecule has 6 nitrogen and oxygen atoms in total. The average Bonchev–Trinajstić information content (AvgIpc) is 3.47. The number of thiazole rings is 1. The predicted octanol–water partition coefficient (Wildman–Crippen LogP) is 3.67. The number of anilines is 1. The van der Waals surface area contributed by atoms with Crippen LogP contribution < -0.4 is 5.32 Å². The van der Waals surface area contributed by atoms with Crippen LogP contribution in [0.3, 0.4) is 0 Å². The van der Waals surface area contributed by atoms with E-state index in [1.807, 2.05) is 28.5 Å². The first-order valence-electron chi connectivity index (χ1n) is 11.1. The van der Waals surface area contributed by atoms with Gasteiger partial charge in [-0.2, -0.15) is 0 Å². The van der Waals surface area contributed by atoms with Crippen molar-refractivity contribution >= 4 is 34.4 Å². The van der Waals surface area contributed by atoms with Gasteiger partial charge in [0.25, 0.3) is 0 Å². The third-order valence-electron chi connectivity index (χ3n) is 6.04. The highest BCUT2D eigenvalue weighted by atomic mass is 32.1. The van der Waals surface area contributed by atoms with Gasteiger partial charge in [-0.1, -0.05) is 55.3 Å². The van der Waals surface area contributed by atoms with Crippen LogP contribution in [0, 0.1) is 5.92 Å². The molecule has 0 atom stereocenters. The number of carbonyl (C=O) groups is 2. The van der Waals surface area contributed by atoms with E-state index in [4.69, 9.17) is 0 Å². The van der Waals surface area contributed by atoms with Crippen molar-refractivity contribution in [3.05, 3.63) is 53.0 Å². The molecule has 1 saturated heterocycles. The Morgan fingerprint density at radius 3 is 2.58 bits per heavy atom. The largest absolute Gasteiger partial charge is 0.340 e. The van der Waals surface area contributed by atoms with Crippen molar-refractivity contribution in [2.24, 2.45) is 5.92 Å². The van der Waals surface area contributed by atoms with Gasteiger partial charge >= 0.3 is 0 Å². The molecule has 7 heteroatoms. The predicted molar refractivity (Wildman–Crippen MR) is 125 cm³/mol. The molecule has 1 saturated carbocycles. The topological polar surface area (TPSA) is 65.5 Å². The fraction of sp³-hybridized carbons (Fsp3) is 0.458. The smallest absolute Gasteiger partial charge is 0.229 e. The van der Waals surface area contributed by atoms with Gasteiger partial charge in [-0.15, -0.1) is 11.3 Å². The number of aromatic nitrogens is 1. The standard InChI is InChI=1S/C24H30N4O2S/c29-22(17-21-18-31-24(25-21)26-23(30)20-10-4-5-11-20)28-15-13-27(14-16-28)12-6-9-19-7-2-1-3-8-19/h1-3,6-9,18,20H,4-5,10-17H2,(H,25,26,30)/b9-6+. The molecule has 1 aliphatic heterocycles. The molecule has 2 heterocycles. The molecule has 1 aromatic heterocycles. The summed E-state index contributed by atoms with van der Waals surface area (Å²) in [6, 6.07) is 10.3. The maximum atomic E-state index is 12.7. The molecule has 1 aromatic carbocycles. The first-order chi connectivity index (χ1) is 15.2. The quantitative estimate of drug-likeness (QED) is 0.716. The van der Waals surface area contributed by atoms with Gasteiger partial charge in [0.1, 0.15) is 0 Å². The van der Waals surface area contributed by atoms with Gasteiger partial charge in [0.15, 0.2) is 5.13 Å². The highest BCUT2D eigenvalue weighted by Gasteiger charge is 2.24. The highest BCUT2D eigenvalue weighted by molar-refractivity contribution is 7.13. The number of nitrogens with one attached hydrogen (secondary N) is 1. The third kappa shape index (κ3) is 6.24. The van der Waals surface area contributed by atoms with E-state index in [0.29, 0.717) is 11.6 Å². The van der Waals surface area contributed by atoms with Crippen LogP contribution in [0.1, 0.15) is 36.9 Å². The van der Waals surface area contributed by atoms with Gasteiger partial charge < -0.3 is 10.2 Å². The van der Waals surface area contributed by atoms with Crippen molar-refractivity contribution in [1.29, 1.82) is 0 Å². The Kier molecular flexibility index (Phi) is 7.48. The zero-order valence-corrected chi connectivity index (χ0v) is 18.7. The minimum absolute atomic E-state index is 0.0714. The summed E-state index contributed by atoms with van der Waals surface area (Å²) in [5.74, 6) is 0.299. The number of amides is 2. The first-order valence-corrected chi connectivity index (χ1v) is 12.0. The molecule has 2 aromatic rings. The molecule has 0 spiro atoms. The SMILES string of the molecule is O=C(Nc1nc(CC(=O)N2CCN(C/C=C/c3ccccc3)CC2)cs1)C1CCCC1. The Hall–Kier alpha value is -2.51. The Bertz CT molecular complexity index is 897. The van der Waals surface area contributed by atoms with Crippen LogP contribution in [0.5, 0.6) is 0 Å². The summed E-state index contributed by atoms with van der Waals surface area (Å²) >= 11 is 1.40. The van der Waals surface area contributed by atoms with Gasteiger partial charge in [0.2, 0.25) is 11.8 Å². The molecular weight excluding hydrogens is 408 g/mol. The van der Waals surface area contributed by atoms with E-state index in [0.717, 1.165) is 64.1 Å². The summed E-state index contributed by atoms with van der Waals surface area (Å²) < 4.78 is 0. The van der Waals surface area contributed by atoms with E-state index >= 15 is 0 Å². The van der Waals surface area contributed by atoms with Crippen LogP contribution in [0.25, 0.3) is 6.08 Å². The van der Waals surface area contributed by atoms with E-state index in [1.165, 1.54) is 16.9 Å². The molecule has 1 aliphatic carbocycles. The van der Waals surface area contributed by atoms with Crippen molar-refractivity contribution in [3.8, 4) is 0 Å². The summed E-state index contributed by atoms with van der Waals surface area (Å²) in [5.41, 5.74) is 1.95. The lowest BCUT2D eigenvalue weighted by molar-refractivity contribution is -0.132. The van der Waals surface area contributed by atoms with Crippen LogP contribution in [-0.4, -0.2) is 59.3 Å². The number of hydrogen-bond acceptors (Lipinski definition) is 5. The first kappa shape index (κ1) is 21.7. The van der Waals surface area contributed by atoms with E-state index in [-0.39, 0.29) is 17.7 Å². The van der Waals surface area contributed by atoms with E-state index in [1.54, 1.807) is 0 Å². The second kappa shape index (κ2) is 10.7. The molecule has 2 fully saturated rings. The zero-order valence-electron chi connectivity index (χ0n) is 17.8. The van der Waals surface area contributed by atoms with E-state index in [9.17, 15) is 9.59 Å². The number of nitrogens with zero attached hydrogens (tertiary/aromatic N) is 3. The molecule has 2 amide bonds. The Labute approximate surface area is 188 Å². The van der Waals surface area contributed by atoms with Gasteiger partial charge in [-0.25, -0.2) is 4.98 Å². The molecular formula is C24H30N4O2S. The van der Waals surface area contributed by atoms with Crippen LogP contribution in [0.2, 0.25) is 0 Å². The Balaban J connectivity index is 1.19. The molecule has 31 heavy (non-hydrogen) atoms. The molecule has 164 valence electrons. The molecule has 0 radical (unpaired) electrons. The van der Waals surface area contributed by atoms with Crippen LogP contribution in [0.15, 0.2) is 41.8 Å². The van der Waals surface area contributed by atoms with Crippen LogP contribution in [0.4, 0.5) is 5.13 Å². The second-order valence-corrected chi connectivity index (χ2v) is 9.14. The monoisotopic (exact) mass is 438 g/mol. The highest BCUT2D eigenvalue weighted by Crippen LogP contribution is 2.26. The molecule has 4 rings (SSSR count). The minimum Gasteiger partial charge on any atom is -0.340 e. The number of rotatable bonds is 7. The number of benzene rings is 1. The molecule has 0 unspecified atom stereocenters. The second-order valence-electron chi connectivity index (χ2n) is 8.29. The summed E-state index contributed by atoms with van der Waals surface area (Å²) in [4.78, 5) is 33.7. The van der Waals surface area contributed by atoms with Crippen molar-refractivity contribution < 1.29 is 9.59 Å². The van der Waals surface area contributed by atoms with Crippen LogP contribution >= 0.6 is 11.3 Å². The van der Waals surface area contributed by atoms with Gasteiger partial charge in [-0.3, -0.25) is 14.5 Å². The van der Waals surface area contributed by atoms with E-state index < -0.39 is 0 Å². The summed E-state index contributed by atoms with van der Waals surface area (Å²) in [6.07, 6.45) is 8.82. The lowest BCUT2D eigenvalue weighted by Crippen LogP contribution is -2.49. The van der Waals surface area contributed by atoms with Crippen molar-refractivity contribution in [2.75, 3.05) is 38.0 Å². The lowest BCUT2D eigenvalue weighted by Gasteiger charge is -2.34. The maximum Gasteiger partial charge on any atom is 0.229 e. The van der Waals surface area contributed by atoms with Crippen molar-refractivity contribution in [3.63, 3.8) is 0 Å². The third-order valence-corrected chi connectivity index (χ3v) is 6.85. The fourth-order valence-corrected chi connectivity index (χ4v) is 4.90. The fourth-order valence-electron chi connectivity index (χ4n) is 4.19. The lowest BCUT2D eigenvalue weighted by atomic mass is 10.1. The average molecular weight is 439 g/mol. The van der Waals surface area contributed by atoms with Gasteiger partial charge in [0, 0.05) is 44.0 Å². The molecule has 0 bridgehead atoms. The number of carbonyl (C=O) groups excluding carboxylic acids is 2.